The molecule has 98 valence electrons. The lowest BCUT2D eigenvalue weighted by molar-refractivity contribution is -0.144. The highest BCUT2D eigenvalue weighted by atomic mass is 16.5. The van der Waals surface area contributed by atoms with Crippen LogP contribution in [-0.2, 0) is 19.1 Å². The summed E-state index contributed by atoms with van der Waals surface area (Å²) >= 11 is 0. The van der Waals surface area contributed by atoms with Crippen LogP contribution in [0.25, 0.3) is 0 Å². The minimum Gasteiger partial charge on any atom is -0.480 e. The highest BCUT2D eigenvalue weighted by Crippen LogP contribution is 1.91. The Bertz CT molecular complexity index is 265. The van der Waals surface area contributed by atoms with E-state index in [9.17, 15) is 9.59 Å². The van der Waals surface area contributed by atoms with E-state index >= 15 is 0 Å². The fraction of sp³-hybridized carbons (Fsp3) is 0.636. The molecule has 0 saturated heterocycles. The van der Waals surface area contributed by atoms with E-state index in [1.165, 1.54) is 6.08 Å². The van der Waals surface area contributed by atoms with Gasteiger partial charge in [-0.15, -0.1) is 6.58 Å². The number of hydrogen-bond acceptors (Lipinski definition) is 4. The molecule has 0 saturated carbocycles. The maximum absolute atomic E-state index is 11.3. The van der Waals surface area contributed by atoms with Crippen LogP contribution in [0, 0.1) is 0 Å². The van der Waals surface area contributed by atoms with Gasteiger partial charge in [0, 0.05) is 0 Å². The van der Waals surface area contributed by atoms with Crippen LogP contribution < -0.4 is 5.32 Å². The Kier molecular flexibility index (Phi) is 8.00. The molecule has 0 aromatic rings. The van der Waals surface area contributed by atoms with Crippen LogP contribution in [0.3, 0.4) is 0 Å². The van der Waals surface area contributed by atoms with Gasteiger partial charge in [0.2, 0.25) is 5.91 Å². The second-order valence-electron chi connectivity index (χ2n) is 3.64. The first-order valence-electron chi connectivity index (χ1n) is 5.29. The van der Waals surface area contributed by atoms with Crippen molar-refractivity contribution >= 4 is 11.9 Å². The van der Waals surface area contributed by atoms with E-state index in [-0.39, 0.29) is 25.9 Å². The molecule has 0 aromatic carbocycles. The normalized spacial score (nSPS) is 12.2. The minimum atomic E-state index is -1.15. The van der Waals surface area contributed by atoms with Gasteiger partial charge in [-0.05, 0) is 13.8 Å². The molecule has 0 heterocycles. The third-order valence-corrected chi connectivity index (χ3v) is 1.70. The molecule has 0 fully saturated rings. The Morgan fingerprint density at radius 3 is 2.59 bits per heavy atom. The largest absolute Gasteiger partial charge is 0.480 e. The average Bonchev–Trinajstić information content (AvgIpc) is 2.25. The van der Waals surface area contributed by atoms with Crippen molar-refractivity contribution in [1.82, 2.24) is 5.32 Å². The van der Waals surface area contributed by atoms with Gasteiger partial charge in [-0.1, -0.05) is 6.08 Å². The first-order valence-corrected chi connectivity index (χ1v) is 5.29. The minimum absolute atomic E-state index is 0.0824. The van der Waals surface area contributed by atoms with Gasteiger partial charge < -0.3 is 19.9 Å². The molecule has 0 aromatic heterocycles. The molecule has 6 nitrogen and oxygen atoms in total. The zero-order valence-electron chi connectivity index (χ0n) is 10.1. The molecule has 6 heteroatoms. The summed E-state index contributed by atoms with van der Waals surface area (Å²) in [6, 6.07) is -1.07. The zero-order valence-corrected chi connectivity index (χ0v) is 10.1. The molecule has 0 spiro atoms. The third-order valence-electron chi connectivity index (χ3n) is 1.70. The monoisotopic (exact) mass is 245 g/mol. The van der Waals surface area contributed by atoms with Gasteiger partial charge in [-0.2, -0.15) is 0 Å². The molecular weight excluding hydrogens is 226 g/mol. The number of nitrogens with one attached hydrogen (secondary N) is 1. The third kappa shape index (κ3) is 8.41. The van der Waals surface area contributed by atoms with Gasteiger partial charge >= 0.3 is 5.97 Å². The van der Waals surface area contributed by atoms with Gasteiger partial charge in [0.05, 0.1) is 19.3 Å². The molecule has 0 bridgehead atoms. The number of rotatable bonds is 9. The Morgan fingerprint density at radius 1 is 1.47 bits per heavy atom. The van der Waals surface area contributed by atoms with E-state index in [1.807, 2.05) is 0 Å². The van der Waals surface area contributed by atoms with Gasteiger partial charge in [-0.25, -0.2) is 4.79 Å². The van der Waals surface area contributed by atoms with E-state index < -0.39 is 17.9 Å². The topological polar surface area (TPSA) is 84.9 Å². The van der Waals surface area contributed by atoms with Crippen molar-refractivity contribution < 1.29 is 24.2 Å². The summed E-state index contributed by atoms with van der Waals surface area (Å²) < 4.78 is 10.0. The first-order chi connectivity index (χ1) is 7.97. The molecule has 1 atom stereocenters. The van der Waals surface area contributed by atoms with Crippen LogP contribution in [0.5, 0.6) is 0 Å². The molecule has 0 aliphatic carbocycles. The van der Waals surface area contributed by atoms with Crippen LogP contribution in [-0.4, -0.2) is 48.9 Å². The molecule has 0 aliphatic heterocycles. The fourth-order valence-corrected chi connectivity index (χ4v) is 0.922. The Labute approximate surface area is 101 Å². The second kappa shape index (κ2) is 8.72. The number of carbonyl (C=O) groups excluding carboxylic acids is 1. The zero-order chi connectivity index (χ0) is 13.3. The second-order valence-corrected chi connectivity index (χ2v) is 3.64. The molecule has 0 radical (unpaired) electrons. The number of aliphatic carboxylic acids is 1. The number of carboxylic acids is 1. The molecular formula is C11H19NO5. The SMILES string of the molecule is C=CCOCC(NC(=O)COC(C)C)C(=O)O. The van der Waals surface area contributed by atoms with Crippen molar-refractivity contribution in [2.24, 2.45) is 0 Å². The van der Waals surface area contributed by atoms with Gasteiger partial charge in [0.15, 0.2) is 6.04 Å². The Balaban J connectivity index is 4.01. The molecule has 2 N–H and O–H groups in total. The van der Waals surface area contributed by atoms with E-state index in [4.69, 9.17) is 14.6 Å². The number of ether oxygens (including phenoxy) is 2. The van der Waals surface area contributed by atoms with E-state index in [0.717, 1.165) is 0 Å². The van der Waals surface area contributed by atoms with Crippen molar-refractivity contribution in [3.8, 4) is 0 Å². The first kappa shape index (κ1) is 15.6. The molecule has 0 aliphatic rings. The Morgan fingerprint density at radius 2 is 2.12 bits per heavy atom. The van der Waals surface area contributed by atoms with E-state index in [1.54, 1.807) is 13.8 Å². The van der Waals surface area contributed by atoms with Crippen LogP contribution in [0.15, 0.2) is 12.7 Å². The maximum Gasteiger partial charge on any atom is 0.328 e. The number of carboxylic acid groups (broad SMARTS) is 1. The summed E-state index contributed by atoms with van der Waals surface area (Å²) in [6.07, 6.45) is 1.42. The number of carbonyl (C=O) groups is 2. The lowest BCUT2D eigenvalue weighted by Crippen LogP contribution is -2.45. The van der Waals surface area contributed by atoms with Crippen LogP contribution in [0.2, 0.25) is 0 Å². The maximum atomic E-state index is 11.3. The predicted octanol–water partition coefficient (Wildman–Crippen LogP) is 0.183. The summed E-state index contributed by atoms with van der Waals surface area (Å²) in [5, 5.41) is 11.1. The average molecular weight is 245 g/mol. The standard InChI is InChI=1S/C11H19NO5/c1-4-5-16-6-9(11(14)15)12-10(13)7-17-8(2)3/h4,8-9H,1,5-7H2,2-3H3,(H,12,13)(H,14,15). The smallest absolute Gasteiger partial charge is 0.328 e. The predicted molar refractivity (Wildman–Crippen MR) is 61.7 cm³/mol. The summed E-state index contributed by atoms with van der Waals surface area (Å²) in [5.74, 6) is -1.62. The summed E-state index contributed by atoms with van der Waals surface area (Å²) in [4.78, 5) is 22.1. The molecule has 17 heavy (non-hydrogen) atoms. The molecule has 1 amide bonds. The number of hydrogen-bond donors (Lipinski definition) is 2. The van der Waals surface area contributed by atoms with E-state index in [0.29, 0.717) is 0 Å². The van der Waals surface area contributed by atoms with E-state index in [2.05, 4.69) is 11.9 Å². The highest BCUT2D eigenvalue weighted by molar-refractivity contribution is 5.84. The molecule has 0 rings (SSSR count). The number of amides is 1. The summed E-state index contributed by atoms with van der Waals surface area (Å²) in [7, 11) is 0. The van der Waals surface area contributed by atoms with Crippen molar-refractivity contribution in [2.45, 2.75) is 26.0 Å². The van der Waals surface area contributed by atoms with Gasteiger partial charge in [0.1, 0.15) is 6.61 Å². The van der Waals surface area contributed by atoms with Crippen LogP contribution in [0.4, 0.5) is 0 Å². The lowest BCUT2D eigenvalue weighted by atomic mass is 10.3. The molecule has 1 unspecified atom stereocenters. The summed E-state index contributed by atoms with van der Waals surface area (Å²) in [6.45, 7) is 6.98. The lowest BCUT2D eigenvalue weighted by Gasteiger charge is -2.15. The quantitative estimate of drug-likeness (QED) is 0.447. The van der Waals surface area contributed by atoms with Crippen molar-refractivity contribution in [1.29, 1.82) is 0 Å². The van der Waals surface area contributed by atoms with Gasteiger partial charge in [-0.3, -0.25) is 4.79 Å². The van der Waals surface area contributed by atoms with Crippen molar-refractivity contribution in [2.75, 3.05) is 19.8 Å². The van der Waals surface area contributed by atoms with Crippen molar-refractivity contribution in [3.63, 3.8) is 0 Å². The fourth-order valence-electron chi connectivity index (χ4n) is 0.922. The van der Waals surface area contributed by atoms with Crippen LogP contribution in [0.1, 0.15) is 13.8 Å². The van der Waals surface area contributed by atoms with Crippen molar-refractivity contribution in [3.05, 3.63) is 12.7 Å². The van der Waals surface area contributed by atoms with Gasteiger partial charge in [0.25, 0.3) is 0 Å². The highest BCUT2D eigenvalue weighted by Gasteiger charge is 2.20. The van der Waals surface area contributed by atoms with Crippen LogP contribution >= 0.6 is 0 Å². The Hall–Kier alpha value is -1.40. The summed E-state index contributed by atoms with van der Waals surface area (Å²) in [5.41, 5.74) is 0.